The summed E-state index contributed by atoms with van der Waals surface area (Å²) in [6.07, 6.45) is 4.98. The summed E-state index contributed by atoms with van der Waals surface area (Å²) in [6.45, 7) is 1.17. The number of benzene rings is 4. The second-order valence-corrected chi connectivity index (χ2v) is 9.66. The zero-order valence-electron chi connectivity index (χ0n) is 21.4. The van der Waals surface area contributed by atoms with Crippen molar-refractivity contribution in [3.8, 4) is 34.3 Å². The molecule has 2 aliphatic heterocycles. The topological polar surface area (TPSA) is 40.8 Å². The van der Waals surface area contributed by atoms with Crippen LogP contribution in [0.4, 0.5) is 0 Å². The quantitative estimate of drug-likeness (QED) is 0.225. The molecule has 5 nitrogen and oxygen atoms in total. The van der Waals surface area contributed by atoms with Gasteiger partial charge in [-0.25, -0.2) is 0 Å². The molecular formula is C32H28INO4. The Morgan fingerprint density at radius 2 is 1.63 bits per heavy atom. The number of aryl methyl sites for hydroxylation is 4. The SMILES string of the molecule is COc1ccc2c(CCc3cccc4ccccc34)c3[n+](cc2c1OC)CCc1cc2c(cc1-3)OCO2.[I-]. The molecule has 2 aliphatic rings. The van der Waals surface area contributed by atoms with Gasteiger partial charge in [0.2, 0.25) is 12.5 Å². The smallest absolute Gasteiger partial charge is 0.231 e. The van der Waals surface area contributed by atoms with Crippen LogP contribution in [0.25, 0.3) is 32.8 Å². The molecule has 5 aromatic rings. The third kappa shape index (κ3) is 3.93. The Morgan fingerprint density at radius 3 is 2.47 bits per heavy atom. The van der Waals surface area contributed by atoms with Gasteiger partial charge < -0.3 is 42.9 Å². The Morgan fingerprint density at radius 1 is 0.816 bits per heavy atom. The van der Waals surface area contributed by atoms with Gasteiger partial charge in [0.05, 0.1) is 25.2 Å². The van der Waals surface area contributed by atoms with E-state index in [0.717, 1.165) is 54.2 Å². The Labute approximate surface area is 238 Å². The molecule has 1 aromatic heterocycles. The summed E-state index contributed by atoms with van der Waals surface area (Å²) in [5, 5.41) is 4.85. The minimum absolute atomic E-state index is 0. The van der Waals surface area contributed by atoms with Crippen LogP contribution in [0.5, 0.6) is 23.0 Å². The third-order valence-electron chi connectivity index (χ3n) is 7.77. The number of methoxy groups -OCH3 is 2. The predicted molar refractivity (Wildman–Crippen MR) is 144 cm³/mol. The predicted octanol–water partition coefficient (Wildman–Crippen LogP) is 3.04. The van der Waals surface area contributed by atoms with Crippen molar-refractivity contribution in [3.05, 3.63) is 89.6 Å². The van der Waals surface area contributed by atoms with Gasteiger partial charge in [-0.1, -0.05) is 42.5 Å². The Kier molecular flexibility index (Phi) is 6.51. The normalized spacial score (nSPS) is 13.1. The monoisotopic (exact) mass is 617 g/mol. The number of pyridine rings is 1. The van der Waals surface area contributed by atoms with Crippen LogP contribution in [-0.2, 0) is 25.8 Å². The van der Waals surface area contributed by atoms with Gasteiger partial charge in [-0.2, -0.15) is 4.57 Å². The maximum Gasteiger partial charge on any atom is 0.231 e. The molecule has 0 spiro atoms. The summed E-state index contributed by atoms with van der Waals surface area (Å²) in [7, 11) is 3.41. The number of ether oxygens (including phenoxy) is 4. The van der Waals surface area contributed by atoms with Crippen LogP contribution >= 0.6 is 0 Å². The fourth-order valence-corrected chi connectivity index (χ4v) is 6.03. The lowest BCUT2D eigenvalue weighted by atomic mass is 9.88. The molecule has 0 atom stereocenters. The maximum absolute atomic E-state index is 5.87. The average Bonchev–Trinajstić information content (AvgIpc) is 3.40. The fraction of sp³-hybridized carbons (Fsp3) is 0.219. The zero-order valence-corrected chi connectivity index (χ0v) is 23.6. The number of hydrogen-bond donors (Lipinski definition) is 0. The van der Waals surface area contributed by atoms with Crippen molar-refractivity contribution in [3.63, 3.8) is 0 Å². The van der Waals surface area contributed by atoms with Crippen molar-refractivity contribution in [2.75, 3.05) is 21.0 Å². The lowest BCUT2D eigenvalue weighted by Gasteiger charge is -2.21. The Hall–Kier alpha value is -3.52. The first-order chi connectivity index (χ1) is 18.2. The molecule has 192 valence electrons. The molecule has 0 amide bonds. The summed E-state index contributed by atoms with van der Waals surface area (Å²) in [5.74, 6) is 3.18. The maximum atomic E-state index is 5.87. The first-order valence-corrected chi connectivity index (χ1v) is 12.7. The van der Waals surface area contributed by atoms with Crippen LogP contribution in [-0.4, -0.2) is 21.0 Å². The Bertz CT molecular complexity index is 1690. The number of fused-ring (bicyclic) bond motifs is 6. The first kappa shape index (κ1) is 24.8. The van der Waals surface area contributed by atoms with Crippen molar-refractivity contribution in [2.24, 2.45) is 0 Å². The molecule has 6 heteroatoms. The molecule has 0 saturated heterocycles. The molecular weight excluding hydrogens is 589 g/mol. The molecule has 3 heterocycles. The van der Waals surface area contributed by atoms with Gasteiger partial charge >= 0.3 is 0 Å². The van der Waals surface area contributed by atoms with Crippen LogP contribution in [0.1, 0.15) is 16.7 Å². The van der Waals surface area contributed by atoms with Gasteiger partial charge in [0.1, 0.15) is 0 Å². The molecule has 38 heavy (non-hydrogen) atoms. The van der Waals surface area contributed by atoms with E-state index in [2.05, 4.69) is 71.4 Å². The van der Waals surface area contributed by atoms with Gasteiger partial charge in [0.15, 0.2) is 35.7 Å². The minimum Gasteiger partial charge on any atom is -1.00 e. The van der Waals surface area contributed by atoms with Gasteiger partial charge in [-0.3, -0.25) is 0 Å². The highest BCUT2D eigenvalue weighted by Gasteiger charge is 2.32. The fourth-order valence-electron chi connectivity index (χ4n) is 6.03. The van der Waals surface area contributed by atoms with E-state index in [4.69, 9.17) is 18.9 Å². The van der Waals surface area contributed by atoms with Crippen molar-refractivity contribution in [1.29, 1.82) is 0 Å². The summed E-state index contributed by atoms with van der Waals surface area (Å²) in [6, 6.07) is 23.8. The van der Waals surface area contributed by atoms with E-state index < -0.39 is 0 Å². The van der Waals surface area contributed by atoms with Crippen molar-refractivity contribution in [2.45, 2.75) is 25.8 Å². The number of rotatable bonds is 5. The minimum atomic E-state index is 0. The van der Waals surface area contributed by atoms with Gasteiger partial charge in [0.25, 0.3) is 0 Å². The standard InChI is InChI=1S/C32H28NO4.HI/c1-34-28-13-12-24-25(11-10-21-8-5-7-20-6-3-4-9-23(20)21)31-26-17-30-29(36-19-37-30)16-22(26)14-15-33(31)18-27(24)32(28)35-2;/h3-9,12-13,16-18H,10-11,14-15,19H2,1-2H3;1H/q+1;/p-1. The van der Waals surface area contributed by atoms with Crippen molar-refractivity contribution < 1.29 is 47.5 Å². The third-order valence-corrected chi connectivity index (χ3v) is 7.77. The molecule has 0 unspecified atom stereocenters. The molecule has 0 fully saturated rings. The van der Waals surface area contributed by atoms with E-state index in [1.54, 1.807) is 14.2 Å². The summed E-state index contributed by atoms with van der Waals surface area (Å²) >= 11 is 0. The van der Waals surface area contributed by atoms with Gasteiger partial charge in [-0.15, -0.1) is 0 Å². The zero-order chi connectivity index (χ0) is 24.9. The summed E-state index contributed by atoms with van der Waals surface area (Å²) in [5.41, 5.74) is 6.44. The van der Waals surface area contributed by atoms with Crippen LogP contribution in [0.2, 0.25) is 0 Å². The molecule has 0 N–H and O–H groups in total. The molecule has 7 rings (SSSR count). The van der Waals surface area contributed by atoms with Gasteiger partial charge in [0, 0.05) is 17.4 Å². The van der Waals surface area contributed by atoms with E-state index >= 15 is 0 Å². The number of hydrogen-bond acceptors (Lipinski definition) is 4. The first-order valence-electron chi connectivity index (χ1n) is 12.7. The molecule has 0 saturated carbocycles. The van der Waals surface area contributed by atoms with Gasteiger partial charge in [-0.05, 0) is 59.0 Å². The van der Waals surface area contributed by atoms with E-state index in [1.165, 1.54) is 44.1 Å². The number of nitrogens with zero attached hydrogens (tertiary/aromatic N) is 1. The van der Waals surface area contributed by atoms with Crippen LogP contribution in [0.3, 0.4) is 0 Å². The highest BCUT2D eigenvalue weighted by molar-refractivity contribution is 5.95. The molecule has 0 radical (unpaired) electrons. The Balaban J connectivity index is 0.00000264. The van der Waals surface area contributed by atoms with E-state index in [-0.39, 0.29) is 30.8 Å². The lowest BCUT2D eigenvalue weighted by molar-refractivity contribution is -0.686. The summed E-state index contributed by atoms with van der Waals surface area (Å²) in [4.78, 5) is 0. The lowest BCUT2D eigenvalue weighted by Crippen LogP contribution is -3.00. The summed E-state index contributed by atoms with van der Waals surface area (Å²) < 4.78 is 25.4. The second kappa shape index (κ2) is 9.98. The van der Waals surface area contributed by atoms with Crippen LogP contribution in [0.15, 0.2) is 72.9 Å². The number of halogens is 1. The van der Waals surface area contributed by atoms with Crippen molar-refractivity contribution >= 4 is 21.5 Å². The van der Waals surface area contributed by atoms with Crippen molar-refractivity contribution in [1.82, 2.24) is 0 Å². The van der Waals surface area contributed by atoms with E-state index in [1.807, 2.05) is 6.07 Å². The average molecular weight is 617 g/mol. The second-order valence-electron chi connectivity index (χ2n) is 9.66. The molecule has 0 bridgehead atoms. The highest BCUT2D eigenvalue weighted by Crippen LogP contribution is 2.44. The largest absolute Gasteiger partial charge is 1.00 e. The van der Waals surface area contributed by atoms with E-state index in [9.17, 15) is 0 Å². The van der Waals surface area contributed by atoms with Crippen LogP contribution < -0.4 is 47.5 Å². The molecule has 4 aromatic carbocycles. The number of aromatic nitrogens is 1. The highest BCUT2D eigenvalue weighted by atomic mass is 127. The molecule has 0 aliphatic carbocycles. The van der Waals surface area contributed by atoms with Crippen LogP contribution in [0, 0.1) is 0 Å². The van der Waals surface area contributed by atoms with E-state index in [0.29, 0.717) is 0 Å².